The molecular formula is C24H29N5O3. The predicted molar refractivity (Wildman–Crippen MR) is 120 cm³/mol. The van der Waals surface area contributed by atoms with E-state index < -0.39 is 0 Å². The molecule has 2 heterocycles. The number of benzene rings is 1. The fourth-order valence-electron chi connectivity index (χ4n) is 3.88. The number of pyridine rings is 1. The number of ether oxygens (including phenoxy) is 2. The molecule has 0 bridgehead atoms. The Morgan fingerprint density at radius 3 is 2.78 bits per heavy atom. The van der Waals surface area contributed by atoms with Gasteiger partial charge in [0.15, 0.2) is 0 Å². The van der Waals surface area contributed by atoms with Crippen LogP contribution in [0.1, 0.15) is 41.3 Å². The van der Waals surface area contributed by atoms with Crippen molar-refractivity contribution in [3.63, 3.8) is 0 Å². The lowest BCUT2D eigenvalue weighted by Gasteiger charge is -2.24. The third-order valence-electron chi connectivity index (χ3n) is 5.53. The number of nitrogens with one attached hydrogen (secondary N) is 2. The first-order valence-corrected chi connectivity index (χ1v) is 10.9. The lowest BCUT2D eigenvalue weighted by molar-refractivity contribution is 0.143. The van der Waals surface area contributed by atoms with Crippen LogP contribution in [0, 0.1) is 0 Å². The van der Waals surface area contributed by atoms with Crippen molar-refractivity contribution >= 4 is 6.03 Å². The highest BCUT2D eigenvalue weighted by Gasteiger charge is 2.25. The largest absolute Gasteiger partial charge is 0.475 e. The van der Waals surface area contributed by atoms with E-state index in [0.29, 0.717) is 25.6 Å². The van der Waals surface area contributed by atoms with Crippen LogP contribution in [0.3, 0.4) is 0 Å². The van der Waals surface area contributed by atoms with Crippen molar-refractivity contribution in [2.45, 2.75) is 38.4 Å². The first-order chi connectivity index (χ1) is 15.7. The van der Waals surface area contributed by atoms with Crippen LogP contribution in [0.4, 0.5) is 4.79 Å². The van der Waals surface area contributed by atoms with Crippen LogP contribution in [0.25, 0.3) is 0 Å². The fraction of sp³-hybridized carbons (Fsp3) is 0.375. The molecule has 0 saturated heterocycles. The van der Waals surface area contributed by atoms with E-state index in [1.165, 1.54) is 11.3 Å². The van der Waals surface area contributed by atoms with Crippen LogP contribution in [-0.4, -0.2) is 41.1 Å². The van der Waals surface area contributed by atoms with Crippen molar-refractivity contribution in [2.75, 3.05) is 20.3 Å². The van der Waals surface area contributed by atoms with Gasteiger partial charge in [0.2, 0.25) is 5.88 Å². The lowest BCUT2D eigenvalue weighted by atomic mass is 9.93. The maximum atomic E-state index is 12.5. The number of nitrogens with zero attached hydrogens (tertiary/aromatic N) is 3. The molecule has 168 valence electrons. The van der Waals surface area contributed by atoms with Crippen molar-refractivity contribution in [2.24, 2.45) is 0 Å². The minimum Gasteiger partial charge on any atom is -0.475 e. The van der Waals surface area contributed by atoms with Crippen molar-refractivity contribution in [1.82, 2.24) is 25.4 Å². The normalized spacial score (nSPS) is 15.1. The van der Waals surface area contributed by atoms with Crippen LogP contribution in [0.2, 0.25) is 0 Å². The van der Waals surface area contributed by atoms with E-state index in [2.05, 4.69) is 37.5 Å². The third-order valence-corrected chi connectivity index (χ3v) is 5.53. The first kappa shape index (κ1) is 21.8. The number of fused-ring (bicyclic) bond motifs is 1. The quantitative estimate of drug-likeness (QED) is 0.504. The molecule has 1 atom stereocenters. The van der Waals surface area contributed by atoms with Gasteiger partial charge in [-0.1, -0.05) is 36.4 Å². The summed E-state index contributed by atoms with van der Waals surface area (Å²) in [4.78, 5) is 16.8. The third kappa shape index (κ3) is 5.64. The first-order valence-electron chi connectivity index (χ1n) is 10.9. The molecular weight excluding hydrogens is 406 g/mol. The van der Waals surface area contributed by atoms with Gasteiger partial charge in [-0.2, -0.15) is 5.10 Å². The number of carbonyl (C=O) groups is 1. The van der Waals surface area contributed by atoms with Gasteiger partial charge in [0.05, 0.1) is 25.4 Å². The SMILES string of the molecule is COCCOc1ccc(CNC(=O)NC2CCCc3c2cnn3Cc2ccccc2)cn1. The minimum absolute atomic E-state index is 0.0297. The molecule has 4 rings (SSSR count). The van der Waals surface area contributed by atoms with E-state index in [0.717, 1.165) is 36.9 Å². The van der Waals surface area contributed by atoms with E-state index in [4.69, 9.17) is 9.47 Å². The molecule has 0 spiro atoms. The summed E-state index contributed by atoms with van der Waals surface area (Å²) in [5.41, 5.74) is 4.44. The zero-order valence-electron chi connectivity index (χ0n) is 18.3. The average Bonchev–Trinajstić information content (AvgIpc) is 3.23. The van der Waals surface area contributed by atoms with E-state index >= 15 is 0 Å². The summed E-state index contributed by atoms with van der Waals surface area (Å²) < 4.78 is 12.5. The van der Waals surface area contributed by atoms with E-state index in [1.54, 1.807) is 19.4 Å². The minimum atomic E-state index is -0.195. The van der Waals surface area contributed by atoms with Crippen molar-refractivity contribution in [3.8, 4) is 5.88 Å². The molecule has 2 amide bonds. The number of hydrogen-bond acceptors (Lipinski definition) is 5. The summed E-state index contributed by atoms with van der Waals surface area (Å²) in [6.45, 7) is 2.10. The molecule has 8 heteroatoms. The Hall–Kier alpha value is -3.39. The van der Waals surface area contributed by atoms with E-state index in [9.17, 15) is 4.79 Å². The summed E-state index contributed by atoms with van der Waals surface area (Å²) in [5.74, 6) is 0.539. The number of hydrogen-bond donors (Lipinski definition) is 2. The summed E-state index contributed by atoms with van der Waals surface area (Å²) in [7, 11) is 1.63. The number of methoxy groups -OCH3 is 1. The Morgan fingerprint density at radius 1 is 1.12 bits per heavy atom. The summed E-state index contributed by atoms with van der Waals surface area (Å²) in [5, 5.41) is 10.6. The van der Waals surface area contributed by atoms with Crippen LogP contribution < -0.4 is 15.4 Å². The second kappa shape index (κ2) is 10.8. The highest BCUT2D eigenvalue weighted by atomic mass is 16.5. The fourth-order valence-corrected chi connectivity index (χ4v) is 3.88. The lowest BCUT2D eigenvalue weighted by Crippen LogP contribution is -2.38. The molecule has 1 aliphatic carbocycles. The van der Waals surface area contributed by atoms with Gasteiger partial charge >= 0.3 is 6.03 Å². The number of amides is 2. The van der Waals surface area contributed by atoms with Gasteiger partial charge in [0, 0.05) is 37.2 Å². The van der Waals surface area contributed by atoms with Gasteiger partial charge in [0.25, 0.3) is 0 Å². The molecule has 3 aromatic rings. The number of rotatable bonds is 9. The Morgan fingerprint density at radius 2 is 2.00 bits per heavy atom. The Labute approximate surface area is 188 Å². The van der Waals surface area contributed by atoms with Crippen LogP contribution in [-0.2, 0) is 24.2 Å². The second-order valence-electron chi connectivity index (χ2n) is 7.81. The molecule has 0 fully saturated rings. The Kier molecular flexibility index (Phi) is 7.34. The predicted octanol–water partition coefficient (Wildman–Crippen LogP) is 3.23. The zero-order chi connectivity index (χ0) is 22.2. The smallest absolute Gasteiger partial charge is 0.315 e. The van der Waals surface area contributed by atoms with Crippen molar-refractivity contribution < 1.29 is 14.3 Å². The van der Waals surface area contributed by atoms with Gasteiger partial charge in [-0.3, -0.25) is 4.68 Å². The molecule has 1 unspecified atom stereocenters. The second-order valence-corrected chi connectivity index (χ2v) is 7.81. The molecule has 1 aliphatic rings. The van der Waals surface area contributed by atoms with Gasteiger partial charge < -0.3 is 20.1 Å². The highest BCUT2D eigenvalue weighted by Crippen LogP contribution is 2.29. The molecule has 0 aliphatic heterocycles. The molecule has 2 N–H and O–H groups in total. The van der Waals surface area contributed by atoms with Crippen molar-refractivity contribution in [1.29, 1.82) is 0 Å². The van der Waals surface area contributed by atoms with Gasteiger partial charge in [-0.15, -0.1) is 0 Å². The summed E-state index contributed by atoms with van der Waals surface area (Å²) in [6.07, 6.45) is 6.51. The average molecular weight is 436 g/mol. The summed E-state index contributed by atoms with van der Waals surface area (Å²) in [6, 6.07) is 13.8. The van der Waals surface area contributed by atoms with Crippen LogP contribution >= 0.6 is 0 Å². The Balaban J connectivity index is 1.30. The van der Waals surface area contributed by atoms with E-state index in [-0.39, 0.29) is 12.1 Å². The topological polar surface area (TPSA) is 90.3 Å². The molecule has 32 heavy (non-hydrogen) atoms. The van der Waals surface area contributed by atoms with E-state index in [1.807, 2.05) is 30.5 Å². The maximum absolute atomic E-state index is 12.5. The standard InChI is InChI=1S/C24H29N5O3/c1-31-12-13-32-23-11-10-19(14-25-23)15-26-24(30)28-21-8-5-9-22-20(21)16-27-29(22)17-18-6-3-2-4-7-18/h2-4,6-7,10-11,14,16,21H,5,8-9,12-13,15,17H2,1H3,(H2,26,28,30). The molecule has 2 aromatic heterocycles. The van der Waals surface area contributed by atoms with Gasteiger partial charge in [0.1, 0.15) is 6.61 Å². The highest BCUT2D eigenvalue weighted by molar-refractivity contribution is 5.74. The molecule has 1 aromatic carbocycles. The molecule has 0 radical (unpaired) electrons. The Bertz CT molecular complexity index is 1000. The zero-order valence-corrected chi connectivity index (χ0v) is 18.3. The molecule has 8 nitrogen and oxygen atoms in total. The van der Waals surface area contributed by atoms with Crippen LogP contribution in [0.5, 0.6) is 5.88 Å². The monoisotopic (exact) mass is 435 g/mol. The van der Waals surface area contributed by atoms with Crippen molar-refractivity contribution in [3.05, 3.63) is 77.2 Å². The van der Waals surface area contributed by atoms with Gasteiger partial charge in [-0.25, -0.2) is 9.78 Å². The number of urea groups is 1. The maximum Gasteiger partial charge on any atom is 0.315 e. The van der Waals surface area contributed by atoms with Gasteiger partial charge in [-0.05, 0) is 30.4 Å². The number of carbonyl (C=O) groups excluding carboxylic acids is 1. The summed E-state index contributed by atoms with van der Waals surface area (Å²) >= 11 is 0. The number of aromatic nitrogens is 3. The molecule has 0 saturated carbocycles. The van der Waals surface area contributed by atoms with Crippen LogP contribution in [0.15, 0.2) is 54.9 Å².